The smallest absolute Gasteiger partial charge is 0.226 e. The Labute approximate surface area is 104 Å². The fourth-order valence-corrected chi connectivity index (χ4v) is 2.31. The van der Waals surface area contributed by atoms with Gasteiger partial charge in [-0.15, -0.1) is 12.4 Å². The molecule has 0 radical (unpaired) electrons. The minimum atomic E-state index is -0.00196. The largest absolute Gasteiger partial charge is 0.354 e. The van der Waals surface area contributed by atoms with Gasteiger partial charge in [0, 0.05) is 18.0 Å². The molecule has 2 aliphatic rings. The van der Waals surface area contributed by atoms with Crippen LogP contribution in [0.25, 0.3) is 0 Å². The third-order valence-electron chi connectivity index (χ3n) is 3.79. The SMILES string of the molecule is CCCC1(C(=O)NCC(N)C2CC2)CC1.Cl. The topological polar surface area (TPSA) is 55.1 Å². The van der Waals surface area contributed by atoms with Crippen LogP contribution in [0.15, 0.2) is 0 Å². The summed E-state index contributed by atoms with van der Waals surface area (Å²) in [5.74, 6) is 0.923. The van der Waals surface area contributed by atoms with Gasteiger partial charge in [0.2, 0.25) is 5.91 Å². The van der Waals surface area contributed by atoms with Crippen molar-refractivity contribution >= 4 is 18.3 Å². The quantitative estimate of drug-likeness (QED) is 0.752. The van der Waals surface area contributed by atoms with E-state index in [1.165, 1.54) is 12.8 Å². The van der Waals surface area contributed by atoms with Gasteiger partial charge < -0.3 is 11.1 Å². The zero-order valence-electron chi connectivity index (χ0n) is 10.00. The summed E-state index contributed by atoms with van der Waals surface area (Å²) in [7, 11) is 0. The minimum Gasteiger partial charge on any atom is -0.354 e. The summed E-state index contributed by atoms with van der Waals surface area (Å²) >= 11 is 0. The average Bonchev–Trinajstić information content (AvgIpc) is 3.05. The zero-order valence-corrected chi connectivity index (χ0v) is 10.8. The zero-order chi connectivity index (χ0) is 10.9. The number of nitrogens with two attached hydrogens (primary N) is 1. The lowest BCUT2D eigenvalue weighted by molar-refractivity contribution is -0.126. The number of rotatable bonds is 6. The van der Waals surface area contributed by atoms with Gasteiger partial charge in [-0.1, -0.05) is 13.3 Å². The van der Waals surface area contributed by atoms with Crippen molar-refractivity contribution in [3.63, 3.8) is 0 Å². The Balaban J connectivity index is 0.00000128. The standard InChI is InChI=1S/C12H22N2O.ClH/c1-2-5-12(6-7-12)11(15)14-8-10(13)9-3-4-9;/h9-10H,2-8,13H2,1H3,(H,14,15);1H. The van der Waals surface area contributed by atoms with E-state index in [0.29, 0.717) is 12.5 Å². The summed E-state index contributed by atoms with van der Waals surface area (Å²) in [6.07, 6.45) is 6.78. The molecule has 0 saturated heterocycles. The van der Waals surface area contributed by atoms with E-state index in [4.69, 9.17) is 5.73 Å². The first kappa shape index (κ1) is 13.8. The first-order valence-corrected chi connectivity index (χ1v) is 6.22. The van der Waals surface area contributed by atoms with E-state index in [1.807, 2.05) is 0 Å². The highest BCUT2D eigenvalue weighted by Crippen LogP contribution is 2.49. The minimum absolute atomic E-state index is 0. The second-order valence-electron chi connectivity index (χ2n) is 5.24. The predicted octanol–water partition coefficient (Wildman–Crippen LogP) is 1.84. The van der Waals surface area contributed by atoms with Gasteiger partial charge in [-0.2, -0.15) is 0 Å². The molecule has 2 rings (SSSR count). The van der Waals surface area contributed by atoms with Crippen molar-refractivity contribution in [3.8, 4) is 0 Å². The molecule has 2 saturated carbocycles. The highest BCUT2D eigenvalue weighted by atomic mass is 35.5. The van der Waals surface area contributed by atoms with Crippen LogP contribution in [0.5, 0.6) is 0 Å². The van der Waals surface area contributed by atoms with E-state index in [9.17, 15) is 4.79 Å². The Hall–Kier alpha value is -0.280. The average molecular weight is 247 g/mol. The molecule has 2 fully saturated rings. The van der Waals surface area contributed by atoms with Crippen molar-refractivity contribution in [1.82, 2.24) is 5.32 Å². The van der Waals surface area contributed by atoms with Crippen LogP contribution in [-0.2, 0) is 4.79 Å². The second kappa shape index (κ2) is 5.37. The van der Waals surface area contributed by atoms with Crippen LogP contribution in [0.3, 0.4) is 0 Å². The highest BCUT2D eigenvalue weighted by Gasteiger charge is 2.48. The summed E-state index contributed by atoms with van der Waals surface area (Å²) in [5.41, 5.74) is 5.95. The Bertz CT molecular complexity index is 249. The molecular formula is C12H23ClN2O. The lowest BCUT2D eigenvalue weighted by atomic mass is 9.99. The Morgan fingerprint density at radius 2 is 2.12 bits per heavy atom. The molecule has 0 spiro atoms. The molecule has 0 aliphatic heterocycles. The van der Waals surface area contributed by atoms with Gasteiger partial charge >= 0.3 is 0 Å². The summed E-state index contributed by atoms with van der Waals surface area (Å²) < 4.78 is 0. The van der Waals surface area contributed by atoms with Crippen molar-refractivity contribution in [2.75, 3.05) is 6.54 Å². The molecule has 1 unspecified atom stereocenters. The number of carbonyl (C=O) groups is 1. The number of halogens is 1. The van der Waals surface area contributed by atoms with Crippen LogP contribution < -0.4 is 11.1 Å². The molecule has 3 nitrogen and oxygen atoms in total. The van der Waals surface area contributed by atoms with Gasteiger partial charge in [-0.05, 0) is 38.0 Å². The Morgan fingerprint density at radius 3 is 2.56 bits per heavy atom. The van der Waals surface area contributed by atoms with E-state index in [-0.39, 0.29) is 29.8 Å². The third kappa shape index (κ3) is 3.11. The van der Waals surface area contributed by atoms with Crippen LogP contribution in [0.1, 0.15) is 45.4 Å². The van der Waals surface area contributed by atoms with Crippen LogP contribution in [0, 0.1) is 11.3 Å². The summed E-state index contributed by atoms with van der Waals surface area (Å²) in [6.45, 7) is 2.82. The van der Waals surface area contributed by atoms with E-state index in [2.05, 4.69) is 12.2 Å². The Morgan fingerprint density at radius 1 is 1.50 bits per heavy atom. The maximum absolute atomic E-state index is 11.9. The van der Waals surface area contributed by atoms with E-state index in [0.717, 1.165) is 25.7 Å². The molecule has 1 atom stereocenters. The van der Waals surface area contributed by atoms with E-state index < -0.39 is 0 Å². The van der Waals surface area contributed by atoms with Gasteiger partial charge in [0.05, 0.1) is 0 Å². The van der Waals surface area contributed by atoms with Gasteiger partial charge in [0.1, 0.15) is 0 Å². The molecule has 0 aromatic carbocycles. The third-order valence-corrected chi connectivity index (χ3v) is 3.79. The van der Waals surface area contributed by atoms with E-state index >= 15 is 0 Å². The number of hydrogen-bond acceptors (Lipinski definition) is 2. The number of amides is 1. The van der Waals surface area contributed by atoms with Crippen molar-refractivity contribution in [2.45, 2.75) is 51.5 Å². The lowest BCUT2D eigenvalue weighted by Crippen LogP contribution is -2.41. The fraction of sp³-hybridized carbons (Fsp3) is 0.917. The first-order chi connectivity index (χ1) is 7.18. The summed E-state index contributed by atoms with van der Waals surface area (Å²) in [6, 6.07) is 0.186. The van der Waals surface area contributed by atoms with E-state index in [1.54, 1.807) is 0 Å². The molecule has 94 valence electrons. The van der Waals surface area contributed by atoms with Crippen LogP contribution in [-0.4, -0.2) is 18.5 Å². The maximum atomic E-state index is 11.9. The van der Waals surface area contributed by atoms with Crippen LogP contribution in [0.4, 0.5) is 0 Å². The molecule has 0 heterocycles. The van der Waals surface area contributed by atoms with Crippen LogP contribution in [0.2, 0.25) is 0 Å². The molecule has 2 aliphatic carbocycles. The maximum Gasteiger partial charge on any atom is 0.226 e. The molecular weight excluding hydrogens is 224 g/mol. The molecule has 1 amide bonds. The van der Waals surface area contributed by atoms with Crippen molar-refractivity contribution in [3.05, 3.63) is 0 Å². The molecule has 0 aromatic rings. The van der Waals surface area contributed by atoms with Gasteiger partial charge in [-0.25, -0.2) is 0 Å². The molecule has 0 bridgehead atoms. The fourth-order valence-electron chi connectivity index (χ4n) is 2.31. The normalized spacial score (nSPS) is 23.1. The molecule has 4 heteroatoms. The monoisotopic (exact) mass is 246 g/mol. The van der Waals surface area contributed by atoms with Crippen molar-refractivity contribution in [1.29, 1.82) is 0 Å². The number of hydrogen-bond donors (Lipinski definition) is 2. The number of nitrogens with one attached hydrogen (secondary N) is 1. The van der Waals surface area contributed by atoms with Crippen molar-refractivity contribution < 1.29 is 4.79 Å². The molecule has 0 aromatic heterocycles. The summed E-state index contributed by atoms with van der Waals surface area (Å²) in [4.78, 5) is 11.9. The number of carbonyl (C=O) groups excluding carboxylic acids is 1. The van der Waals surface area contributed by atoms with Gasteiger partial charge in [0.25, 0.3) is 0 Å². The Kier molecular flexibility index (Phi) is 4.62. The second-order valence-corrected chi connectivity index (χ2v) is 5.24. The molecule has 3 N–H and O–H groups in total. The summed E-state index contributed by atoms with van der Waals surface area (Å²) in [5, 5.41) is 3.03. The van der Waals surface area contributed by atoms with Crippen LogP contribution >= 0.6 is 12.4 Å². The lowest BCUT2D eigenvalue weighted by Gasteiger charge is -2.17. The van der Waals surface area contributed by atoms with Gasteiger partial charge in [-0.3, -0.25) is 4.79 Å². The predicted molar refractivity (Wildman–Crippen MR) is 67.5 cm³/mol. The highest BCUT2D eigenvalue weighted by molar-refractivity contribution is 5.85. The molecule has 16 heavy (non-hydrogen) atoms. The van der Waals surface area contributed by atoms with Gasteiger partial charge in [0.15, 0.2) is 0 Å². The first-order valence-electron chi connectivity index (χ1n) is 6.22. The van der Waals surface area contributed by atoms with Crippen molar-refractivity contribution in [2.24, 2.45) is 17.1 Å².